The lowest BCUT2D eigenvalue weighted by Gasteiger charge is -2.35. The highest BCUT2D eigenvalue weighted by atomic mass is 127. The van der Waals surface area contributed by atoms with Crippen LogP contribution in [0.2, 0.25) is 0 Å². The Morgan fingerprint density at radius 3 is 2.59 bits per heavy atom. The number of carbonyl (C=O) groups is 1. The summed E-state index contributed by atoms with van der Waals surface area (Å²) in [7, 11) is 1.78. The average molecular weight is 549 g/mol. The summed E-state index contributed by atoms with van der Waals surface area (Å²) < 4.78 is 5.54. The number of hydrogen-bond donors (Lipinski definition) is 3. The van der Waals surface area contributed by atoms with Gasteiger partial charge in [0.25, 0.3) is 0 Å². The molecule has 3 N–H and O–H groups in total. The van der Waals surface area contributed by atoms with Crippen molar-refractivity contribution in [2.45, 2.75) is 18.4 Å². The fourth-order valence-electron chi connectivity index (χ4n) is 4.34. The van der Waals surface area contributed by atoms with Crippen molar-refractivity contribution in [3.8, 4) is 0 Å². The highest BCUT2D eigenvalue weighted by Crippen LogP contribution is 2.31. The molecule has 0 bridgehead atoms. The number of halogens is 1. The van der Waals surface area contributed by atoms with Crippen LogP contribution in [0, 0.1) is 0 Å². The fourth-order valence-corrected chi connectivity index (χ4v) is 4.34. The maximum absolute atomic E-state index is 12.1. The highest BCUT2D eigenvalue weighted by Gasteiger charge is 2.26. The number of guanidine groups is 1. The van der Waals surface area contributed by atoms with Crippen LogP contribution in [0.5, 0.6) is 0 Å². The topological polar surface area (TPSA) is 78.0 Å². The van der Waals surface area contributed by atoms with Gasteiger partial charge in [0.2, 0.25) is 5.91 Å². The summed E-state index contributed by atoms with van der Waals surface area (Å²) in [5.41, 5.74) is 3.36. The predicted molar refractivity (Wildman–Crippen MR) is 139 cm³/mol. The van der Waals surface area contributed by atoms with E-state index in [1.807, 2.05) is 24.3 Å². The molecule has 8 heteroatoms. The molecule has 0 radical (unpaired) electrons. The number of para-hydroxylation sites is 1. The smallest absolute Gasteiger partial charge is 0.225 e. The Bertz CT molecular complexity index is 902. The Kier molecular flexibility index (Phi) is 9.31. The summed E-state index contributed by atoms with van der Waals surface area (Å²) in [4.78, 5) is 19.0. The maximum atomic E-state index is 12.1. The van der Waals surface area contributed by atoms with Crippen LogP contribution in [0.1, 0.15) is 29.5 Å². The van der Waals surface area contributed by atoms with Crippen molar-refractivity contribution in [1.29, 1.82) is 0 Å². The number of fused-ring (bicyclic) bond motifs is 1. The standard InChI is InChI=1S/C24H31N5O2.HI/c1-25-24(26-16-19-15-23(30)28-21-10-6-5-9-20(19)21)27-17-22(18-7-3-2-4-8-18)29-11-13-31-14-12-29;/h2-10,19,22H,11-17H2,1H3,(H,28,30)(H2,25,26,27);1H. The van der Waals surface area contributed by atoms with Crippen molar-refractivity contribution < 1.29 is 9.53 Å². The molecule has 4 rings (SSSR count). The number of ether oxygens (including phenoxy) is 1. The van der Waals surface area contributed by atoms with E-state index in [0.717, 1.165) is 44.5 Å². The monoisotopic (exact) mass is 549 g/mol. The minimum atomic E-state index is 0. The second kappa shape index (κ2) is 12.2. The van der Waals surface area contributed by atoms with Crippen LogP contribution < -0.4 is 16.0 Å². The number of carbonyl (C=O) groups excluding carboxylic acids is 1. The number of anilines is 1. The fraction of sp³-hybridized carbons (Fsp3) is 0.417. The van der Waals surface area contributed by atoms with E-state index in [2.05, 4.69) is 56.2 Å². The summed E-state index contributed by atoms with van der Waals surface area (Å²) in [6.45, 7) is 4.75. The van der Waals surface area contributed by atoms with E-state index < -0.39 is 0 Å². The maximum Gasteiger partial charge on any atom is 0.225 e. The van der Waals surface area contributed by atoms with E-state index in [1.54, 1.807) is 7.05 Å². The Hall–Kier alpha value is -2.17. The molecule has 2 atom stereocenters. The lowest BCUT2D eigenvalue weighted by molar-refractivity contribution is -0.116. The van der Waals surface area contributed by atoms with Crippen LogP contribution in [0.15, 0.2) is 59.6 Å². The van der Waals surface area contributed by atoms with Gasteiger partial charge in [-0.1, -0.05) is 48.5 Å². The molecule has 2 unspecified atom stereocenters. The number of amides is 1. The third-order valence-corrected chi connectivity index (χ3v) is 5.98. The zero-order chi connectivity index (χ0) is 21.5. The third-order valence-electron chi connectivity index (χ3n) is 5.98. The van der Waals surface area contributed by atoms with E-state index in [9.17, 15) is 4.79 Å². The Balaban J connectivity index is 0.00000289. The molecule has 2 aliphatic rings. The van der Waals surface area contributed by atoms with E-state index >= 15 is 0 Å². The molecule has 1 saturated heterocycles. The molecule has 2 aliphatic heterocycles. The molecule has 0 saturated carbocycles. The van der Waals surface area contributed by atoms with Gasteiger partial charge in [0.05, 0.1) is 19.3 Å². The number of hydrogen-bond acceptors (Lipinski definition) is 4. The lowest BCUT2D eigenvalue weighted by atomic mass is 9.90. The zero-order valence-electron chi connectivity index (χ0n) is 18.4. The van der Waals surface area contributed by atoms with Crippen LogP contribution in [0.4, 0.5) is 5.69 Å². The Morgan fingerprint density at radius 1 is 1.12 bits per heavy atom. The van der Waals surface area contributed by atoms with Gasteiger partial charge < -0.3 is 20.7 Å². The van der Waals surface area contributed by atoms with Crippen molar-refractivity contribution >= 4 is 41.5 Å². The van der Waals surface area contributed by atoms with Crippen LogP contribution in [-0.4, -0.2) is 63.2 Å². The zero-order valence-corrected chi connectivity index (χ0v) is 20.8. The molecular formula is C24H32IN5O2. The van der Waals surface area contributed by atoms with E-state index in [4.69, 9.17) is 4.74 Å². The average Bonchev–Trinajstić information content (AvgIpc) is 2.82. The largest absolute Gasteiger partial charge is 0.379 e. The quantitative estimate of drug-likeness (QED) is 0.294. The summed E-state index contributed by atoms with van der Waals surface area (Å²) >= 11 is 0. The highest BCUT2D eigenvalue weighted by molar-refractivity contribution is 14.0. The van der Waals surface area contributed by atoms with Gasteiger partial charge in [0.1, 0.15) is 0 Å². The molecule has 7 nitrogen and oxygen atoms in total. The molecule has 2 aromatic rings. The van der Waals surface area contributed by atoms with E-state index in [0.29, 0.717) is 13.0 Å². The van der Waals surface area contributed by atoms with Gasteiger partial charge in [0.15, 0.2) is 5.96 Å². The first-order chi connectivity index (χ1) is 15.2. The molecule has 0 spiro atoms. The number of nitrogens with zero attached hydrogens (tertiary/aromatic N) is 2. The second-order valence-corrected chi connectivity index (χ2v) is 7.95. The van der Waals surface area contributed by atoms with Crippen molar-refractivity contribution in [1.82, 2.24) is 15.5 Å². The van der Waals surface area contributed by atoms with Crippen molar-refractivity contribution in [3.05, 3.63) is 65.7 Å². The molecule has 0 aromatic heterocycles. The number of rotatable bonds is 6. The Morgan fingerprint density at radius 2 is 1.84 bits per heavy atom. The third kappa shape index (κ3) is 6.20. The molecular weight excluding hydrogens is 517 g/mol. The number of aliphatic imine (C=N–C) groups is 1. The van der Waals surface area contributed by atoms with Crippen molar-refractivity contribution in [2.24, 2.45) is 4.99 Å². The van der Waals surface area contributed by atoms with Gasteiger partial charge in [-0.25, -0.2) is 0 Å². The van der Waals surface area contributed by atoms with Crippen LogP contribution in [0.25, 0.3) is 0 Å². The molecule has 32 heavy (non-hydrogen) atoms. The first kappa shape index (κ1) is 24.5. The number of morpholine rings is 1. The first-order valence-electron chi connectivity index (χ1n) is 10.9. The van der Waals surface area contributed by atoms with Crippen LogP contribution in [0.3, 0.4) is 0 Å². The van der Waals surface area contributed by atoms with E-state index in [1.165, 1.54) is 11.1 Å². The molecule has 2 aromatic carbocycles. The Labute approximate surface area is 207 Å². The molecule has 1 amide bonds. The van der Waals surface area contributed by atoms with Crippen molar-refractivity contribution in [3.63, 3.8) is 0 Å². The lowest BCUT2D eigenvalue weighted by Crippen LogP contribution is -2.47. The molecule has 2 heterocycles. The van der Waals surface area contributed by atoms with Gasteiger partial charge in [-0.05, 0) is 17.2 Å². The van der Waals surface area contributed by atoms with Crippen molar-refractivity contribution in [2.75, 3.05) is 51.8 Å². The van der Waals surface area contributed by atoms with Crippen LogP contribution in [-0.2, 0) is 9.53 Å². The SMILES string of the molecule is CN=C(NCC1CC(=O)Nc2ccccc21)NCC(c1ccccc1)N1CCOCC1.I. The summed E-state index contributed by atoms with van der Waals surface area (Å²) in [5.74, 6) is 0.926. The van der Waals surface area contributed by atoms with Gasteiger partial charge >= 0.3 is 0 Å². The van der Waals surface area contributed by atoms with Gasteiger partial charge in [-0.15, -0.1) is 24.0 Å². The minimum Gasteiger partial charge on any atom is -0.379 e. The van der Waals surface area contributed by atoms with Gasteiger partial charge in [0, 0.05) is 51.3 Å². The summed E-state index contributed by atoms with van der Waals surface area (Å²) in [6.07, 6.45) is 0.474. The number of nitrogens with one attached hydrogen (secondary N) is 3. The van der Waals surface area contributed by atoms with Gasteiger partial charge in [-0.2, -0.15) is 0 Å². The molecule has 0 aliphatic carbocycles. The number of benzene rings is 2. The molecule has 1 fully saturated rings. The summed E-state index contributed by atoms with van der Waals surface area (Å²) in [6, 6.07) is 18.8. The summed E-state index contributed by atoms with van der Waals surface area (Å²) in [5, 5.41) is 9.88. The second-order valence-electron chi connectivity index (χ2n) is 7.95. The predicted octanol–water partition coefficient (Wildman–Crippen LogP) is 2.97. The molecule has 172 valence electrons. The van der Waals surface area contributed by atoms with E-state index in [-0.39, 0.29) is 41.8 Å². The minimum absolute atomic E-state index is 0. The van der Waals surface area contributed by atoms with Crippen LogP contribution >= 0.6 is 24.0 Å². The van der Waals surface area contributed by atoms with Gasteiger partial charge in [-0.3, -0.25) is 14.7 Å². The normalized spacial score (nSPS) is 19.8. The first-order valence-corrected chi connectivity index (χ1v) is 10.9.